The van der Waals surface area contributed by atoms with E-state index in [0.29, 0.717) is 5.92 Å². The molecule has 0 radical (unpaired) electrons. The van der Waals surface area contributed by atoms with Crippen LogP contribution in [0.3, 0.4) is 0 Å². The molecule has 0 amide bonds. The molecule has 4 nitrogen and oxygen atoms in total. The number of fused-ring (bicyclic) bond motifs is 9. The van der Waals surface area contributed by atoms with E-state index in [1.165, 1.54) is 167 Å². The highest BCUT2D eigenvalue weighted by Crippen LogP contribution is 2.53. The van der Waals surface area contributed by atoms with Gasteiger partial charge in [0.05, 0.1) is 61.7 Å². The summed E-state index contributed by atoms with van der Waals surface area (Å²) in [6.07, 6.45) is 5.77. The van der Waals surface area contributed by atoms with E-state index < -0.39 is 0 Å². The van der Waals surface area contributed by atoms with Gasteiger partial charge in [0, 0.05) is 44.1 Å². The number of nitrogens with zero attached hydrogens (tertiary/aromatic N) is 4. The summed E-state index contributed by atoms with van der Waals surface area (Å²) in [5, 5.41) is 6.45. The Morgan fingerprint density at radius 1 is 0.338 bits per heavy atom. The fraction of sp³-hybridized carbons (Fsp3) is 0.224. The maximum Gasteiger partial charge on any atom is 0.0541 e. The monoisotopic (exact) mass is 925 g/mol. The molecule has 71 heavy (non-hydrogen) atoms. The molecule has 11 aromatic rings. The Labute approximate surface area is 419 Å². The summed E-state index contributed by atoms with van der Waals surface area (Å²) in [5.74, 6) is 0.395. The lowest BCUT2D eigenvalue weighted by Gasteiger charge is -2.38. The molecule has 0 bridgehead atoms. The van der Waals surface area contributed by atoms with Crippen molar-refractivity contribution in [1.29, 1.82) is 0 Å². The number of rotatable bonds is 6. The van der Waals surface area contributed by atoms with Crippen LogP contribution in [0.1, 0.15) is 97.3 Å². The van der Waals surface area contributed by atoms with Crippen molar-refractivity contribution in [1.82, 2.24) is 13.7 Å². The fourth-order valence-corrected chi connectivity index (χ4v) is 13.2. The van der Waals surface area contributed by atoms with Gasteiger partial charge in [-0.1, -0.05) is 110 Å². The van der Waals surface area contributed by atoms with Crippen LogP contribution in [0.2, 0.25) is 0 Å². The van der Waals surface area contributed by atoms with Crippen LogP contribution in [0.5, 0.6) is 0 Å². The van der Waals surface area contributed by atoms with Crippen molar-refractivity contribution in [2.45, 2.75) is 102 Å². The standard InChI is InChI=1S/C67H64N4/c1-37-25-24-31-55-54-30-18-23-36-60(54)70(61(37)55)64-42(6)48(12)67(49(13)43(64)7)71(65-44(8)38(2)62(39(3)45(65)9)68-56-32-19-14-26-50(56)51-27-15-20-33-57(51)68)66-46(10)40(4)63(41(5)47(66)11)69-58-34-21-16-28-52(58)53-29-17-22-35-59(53)69/h14-24,26-37H,25H2,1-13H3. The normalized spacial score (nSPS) is 13.7. The third-order valence-electron chi connectivity index (χ3n) is 17.3. The van der Waals surface area contributed by atoms with Crippen molar-refractivity contribution < 1.29 is 0 Å². The van der Waals surface area contributed by atoms with Crippen LogP contribution in [0.15, 0.2) is 127 Å². The zero-order chi connectivity index (χ0) is 49.5. The average Bonchev–Trinajstić information content (AvgIpc) is 4.02. The van der Waals surface area contributed by atoms with E-state index in [2.05, 4.69) is 242 Å². The minimum absolute atomic E-state index is 0.395. The number of anilines is 3. The highest BCUT2D eigenvalue weighted by atomic mass is 15.2. The zero-order valence-electron chi connectivity index (χ0n) is 43.8. The van der Waals surface area contributed by atoms with Crippen molar-refractivity contribution in [2.24, 2.45) is 0 Å². The Morgan fingerprint density at radius 2 is 0.606 bits per heavy atom. The largest absolute Gasteiger partial charge is 0.312 e. The SMILES string of the molecule is Cc1c(C)c(-n2c3c(c4ccccc42)C=CCC3C)c(C)c(C)c1N(c1c(C)c(C)c(-n2c3ccccc3c3ccccc32)c(C)c1C)c1c(C)c(C)c(-n2c3ccccc3c3ccccc32)c(C)c1C. The summed E-state index contributed by atoms with van der Waals surface area (Å²) in [5.41, 5.74) is 32.2. The maximum absolute atomic E-state index is 2.73. The van der Waals surface area contributed by atoms with Crippen molar-refractivity contribution in [3.05, 3.63) is 205 Å². The molecule has 12 rings (SSSR count). The predicted octanol–water partition coefficient (Wildman–Crippen LogP) is 18.5. The van der Waals surface area contributed by atoms with Gasteiger partial charge in [0.1, 0.15) is 0 Å². The van der Waals surface area contributed by atoms with Gasteiger partial charge in [-0.15, -0.1) is 0 Å². The summed E-state index contributed by atoms with van der Waals surface area (Å²) in [6, 6.07) is 44.7. The van der Waals surface area contributed by atoms with Gasteiger partial charge in [0.25, 0.3) is 0 Å². The highest BCUT2D eigenvalue weighted by Gasteiger charge is 2.33. The number of aromatic nitrogens is 3. The van der Waals surface area contributed by atoms with Crippen LogP contribution in [-0.2, 0) is 0 Å². The van der Waals surface area contributed by atoms with Gasteiger partial charge in [-0.05, 0) is 187 Å². The molecule has 1 unspecified atom stereocenters. The predicted molar refractivity (Wildman–Crippen MR) is 306 cm³/mol. The van der Waals surface area contributed by atoms with Gasteiger partial charge >= 0.3 is 0 Å². The molecular weight excluding hydrogens is 861 g/mol. The first kappa shape index (κ1) is 44.6. The second-order valence-electron chi connectivity index (χ2n) is 20.9. The summed E-state index contributed by atoms with van der Waals surface area (Å²) >= 11 is 0. The van der Waals surface area contributed by atoms with E-state index in [0.717, 1.165) is 6.42 Å². The average molecular weight is 925 g/mol. The maximum atomic E-state index is 2.73. The molecule has 352 valence electrons. The van der Waals surface area contributed by atoms with E-state index in [-0.39, 0.29) is 0 Å². The molecule has 8 aromatic carbocycles. The van der Waals surface area contributed by atoms with Crippen LogP contribution < -0.4 is 4.90 Å². The zero-order valence-corrected chi connectivity index (χ0v) is 43.8. The molecular formula is C67H64N4. The lowest BCUT2D eigenvalue weighted by atomic mass is 9.88. The lowest BCUT2D eigenvalue weighted by Crippen LogP contribution is -2.22. The van der Waals surface area contributed by atoms with Crippen molar-refractivity contribution in [2.75, 3.05) is 4.90 Å². The first-order chi connectivity index (χ1) is 34.2. The number of allylic oxidation sites excluding steroid dienone is 1. The molecule has 0 fully saturated rings. The molecule has 3 heterocycles. The second kappa shape index (κ2) is 16.2. The smallest absolute Gasteiger partial charge is 0.0541 e. The van der Waals surface area contributed by atoms with Crippen molar-refractivity contribution in [3.63, 3.8) is 0 Å². The summed E-state index contributed by atoms with van der Waals surface area (Å²) in [7, 11) is 0. The van der Waals surface area contributed by atoms with E-state index in [4.69, 9.17) is 0 Å². The first-order valence-corrected chi connectivity index (χ1v) is 25.6. The van der Waals surface area contributed by atoms with Gasteiger partial charge in [-0.3, -0.25) is 0 Å². The fourth-order valence-electron chi connectivity index (χ4n) is 13.2. The van der Waals surface area contributed by atoms with Gasteiger partial charge in [0.2, 0.25) is 0 Å². The van der Waals surface area contributed by atoms with E-state index in [1.807, 2.05) is 0 Å². The second-order valence-corrected chi connectivity index (χ2v) is 20.9. The van der Waals surface area contributed by atoms with Gasteiger partial charge in [0.15, 0.2) is 0 Å². The molecule has 0 aliphatic heterocycles. The molecule has 0 saturated heterocycles. The number of para-hydroxylation sites is 5. The van der Waals surface area contributed by atoms with Crippen LogP contribution in [0.4, 0.5) is 17.1 Å². The Kier molecular flexibility index (Phi) is 10.2. The number of hydrogen-bond acceptors (Lipinski definition) is 1. The van der Waals surface area contributed by atoms with E-state index in [9.17, 15) is 0 Å². The van der Waals surface area contributed by atoms with Crippen LogP contribution >= 0.6 is 0 Å². The van der Waals surface area contributed by atoms with Crippen LogP contribution in [0, 0.1) is 83.1 Å². The van der Waals surface area contributed by atoms with Crippen LogP contribution in [0.25, 0.3) is 77.7 Å². The first-order valence-electron chi connectivity index (χ1n) is 25.6. The molecule has 0 saturated carbocycles. The van der Waals surface area contributed by atoms with Gasteiger partial charge in [-0.2, -0.15) is 0 Å². The molecule has 0 spiro atoms. The molecule has 1 aliphatic carbocycles. The molecule has 1 aliphatic rings. The third-order valence-corrected chi connectivity index (χ3v) is 17.3. The van der Waals surface area contributed by atoms with E-state index in [1.54, 1.807) is 0 Å². The van der Waals surface area contributed by atoms with Crippen LogP contribution in [-0.4, -0.2) is 13.7 Å². The molecule has 0 N–H and O–H groups in total. The van der Waals surface area contributed by atoms with Gasteiger partial charge in [-0.25, -0.2) is 0 Å². The Hall–Kier alpha value is -7.56. The summed E-state index contributed by atoms with van der Waals surface area (Å²) in [6.45, 7) is 30.9. The molecule has 4 heteroatoms. The minimum atomic E-state index is 0.395. The number of benzene rings is 8. The Morgan fingerprint density at radius 3 is 0.930 bits per heavy atom. The topological polar surface area (TPSA) is 18.0 Å². The quantitative estimate of drug-likeness (QED) is 0.162. The lowest BCUT2D eigenvalue weighted by molar-refractivity contribution is 0.721. The van der Waals surface area contributed by atoms with Crippen molar-refractivity contribution >= 4 is 77.7 Å². The summed E-state index contributed by atoms with van der Waals surface area (Å²) in [4.78, 5) is 2.73. The molecule has 1 atom stereocenters. The summed E-state index contributed by atoms with van der Waals surface area (Å²) < 4.78 is 7.70. The minimum Gasteiger partial charge on any atom is -0.312 e. The molecule has 3 aromatic heterocycles. The van der Waals surface area contributed by atoms with E-state index >= 15 is 0 Å². The highest BCUT2D eigenvalue weighted by molar-refractivity contribution is 6.11. The van der Waals surface area contributed by atoms with Gasteiger partial charge < -0.3 is 18.6 Å². The number of hydrogen-bond donors (Lipinski definition) is 0. The Balaban J connectivity index is 1.18. The Bertz CT molecular complexity index is 3750. The van der Waals surface area contributed by atoms with Crippen molar-refractivity contribution in [3.8, 4) is 17.1 Å². The third kappa shape index (κ3) is 6.10.